The lowest BCUT2D eigenvalue weighted by atomic mass is 9.93. The number of carbonyl (C=O) groups is 2. The van der Waals surface area contributed by atoms with Crippen LogP contribution in [0.4, 0.5) is 5.00 Å². The van der Waals surface area contributed by atoms with Crippen molar-refractivity contribution in [1.82, 2.24) is 0 Å². The van der Waals surface area contributed by atoms with Gasteiger partial charge in [0.2, 0.25) is 5.91 Å². The SMILES string of the molecule is CCOC(=O)c1c(NC(=O)[C@H](Cl)CC)sc2c1CC(C)(C)OC2. The molecule has 1 N–H and O–H groups in total. The van der Waals surface area contributed by atoms with Gasteiger partial charge in [0, 0.05) is 11.3 Å². The van der Waals surface area contributed by atoms with Gasteiger partial charge in [0.15, 0.2) is 0 Å². The van der Waals surface area contributed by atoms with E-state index in [0.717, 1.165) is 10.4 Å². The lowest BCUT2D eigenvalue weighted by Crippen LogP contribution is -2.32. The summed E-state index contributed by atoms with van der Waals surface area (Å²) in [5.41, 5.74) is 0.994. The van der Waals surface area contributed by atoms with Gasteiger partial charge in [-0.1, -0.05) is 6.92 Å². The van der Waals surface area contributed by atoms with Crippen molar-refractivity contribution in [3.05, 3.63) is 16.0 Å². The lowest BCUT2D eigenvalue weighted by Gasteiger charge is -2.30. The molecule has 128 valence electrons. The fourth-order valence-corrected chi connectivity index (χ4v) is 3.61. The van der Waals surface area contributed by atoms with Crippen molar-refractivity contribution in [2.75, 3.05) is 11.9 Å². The second kappa shape index (κ2) is 7.20. The Morgan fingerprint density at radius 2 is 2.13 bits per heavy atom. The number of nitrogens with one attached hydrogen (secondary N) is 1. The first-order valence-corrected chi connectivity index (χ1v) is 8.95. The second-order valence-electron chi connectivity index (χ2n) is 6.02. The molecule has 2 heterocycles. The third kappa shape index (κ3) is 4.05. The van der Waals surface area contributed by atoms with E-state index in [4.69, 9.17) is 21.1 Å². The number of ether oxygens (including phenoxy) is 2. The Kier molecular flexibility index (Phi) is 5.70. The fourth-order valence-electron chi connectivity index (χ4n) is 2.44. The molecular formula is C16H22ClNO4S. The van der Waals surface area contributed by atoms with Gasteiger partial charge in [-0.05, 0) is 32.8 Å². The zero-order chi connectivity index (χ0) is 17.2. The summed E-state index contributed by atoms with van der Waals surface area (Å²) in [5.74, 6) is -0.723. The van der Waals surface area contributed by atoms with E-state index in [9.17, 15) is 9.59 Å². The molecule has 2 rings (SSSR count). The topological polar surface area (TPSA) is 64.6 Å². The minimum Gasteiger partial charge on any atom is -0.462 e. The zero-order valence-corrected chi connectivity index (χ0v) is 15.4. The van der Waals surface area contributed by atoms with Crippen molar-refractivity contribution in [3.63, 3.8) is 0 Å². The predicted molar refractivity (Wildman–Crippen MR) is 91.4 cm³/mol. The number of carbonyl (C=O) groups excluding carboxylic acids is 2. The Balaban J connectivity index is 2.40. The van der Waals surface area contributed by atoms with Crippen LogP contribution in [0, 0.1) is 0 Å². The minimum absolute atomic E-state index is 0.282. The molecule has 0 aliphatic carbocycles. The summed E-state index contributed by atoms with van der Waals surface area (Å²) in [4.78, 5) is 25.4. The van der Waals surface area contributed by atoms with Gasteiger partial charge in [-0.25, -0.2) is 4.79 Å². The normalized spacial score (nSPS) is 17.3. The molecule has 7 heteroatoms. The summed E-state index contributed by atoms with van der Waals surface area (Å²) in [7, 11) is 0. The average molecular weight is 360 g/mol. The predicted octanol–water partition coefficient (Wildman–Crippen LogP) is 3.73. The van der Waals surface area contributed by atoms with E-state index in [2.05, 4.69) is 5.32 Å². The summed E-state index contributed by atoms with van der Waals surface area (Å²) in [5, 5.41) is 2.65. The van der Waals surface area contributed by atoms with Crippen molar-refractivity contribution in [2.45, 2.75) is 58.1 Å². The molecule has 23 heavy (non-hydrogen) atoms. The van der Waals surface area contributed by atoms with E-state index in [0.29, 0.717) is 30.0 Å². The monoisotopic (exact) mass is 359 g/mol. The lowest BCUT2D eigenvalue weighted by molar-refractivity contribution is -0.115. The highest BCUT2D eigenvalue weighted by atomic mass is 35.5. The highest BCUT2D eigenvalue weighted by molar-refractivity contribution is 7.17. The molecule has 1 aliphatic rings. The van der Waals surface area contributed by atoms with Crippen molar-refractivity contribution in [2.24, 2.45) is 0 Å². The molecular weight excluding hydrogens is 338 g/mol. The quantitative estimate of drug-likeness (QED) is 0.642. The molecule has 1 aliphatic heterocycles. The van der Waals surface area contributed by atoms with Gasteiger partial charge in [0.05, 0.1) is 24.4 Å². The highest BCUT2D eigenvalue weighted by Gasteiger charge is 2.34. The maximum Gasteiger partial charge on any atom is 0.341 e. The first-order valence-electron chi connectivity index (χ1n) is 7.69. The van der Waals surface area contributed by atoms with Crippen molar-refractivity contribution in [3.8, 4) is 0 Å². The summed E-state index contributed by atoms with van der Waals surface area (Å²) in [6.45, 7) is 8.25. The highest BCUT2D eigenvalue weighted by Crippen LogP contribution is 2.41. The molecule has 0 saturated heterocycles. The van der Waals surface area contributed by atoms with Gasteiger partial charge < -0.3 is 14.8 Å². The standard InChI is InChI=1S/C16H22ClNO4S/c1-5-10(17)13(19)18-14-12(15(20)21-6-2)9-7-16(3,4)22-8-11(9)23-14/h10H,5-8H2,1-4H3,(H,18,19)/t10-/m1/s1. The number of anilines is 1. The van der Waals surface area contributed by atoms with Crippen LogP contribution in [-0.2, 0) is 27.3 Å². The Bertz CT molecular complexity index is 611. The molecule has 0 bridgehead atoms. The Morgan fingerprint density at radius 3 is 2.74 bits per heavy atom. The molecule has 1 atom stereocenters. The molecule has 0 radical (unpaired) electrons. The molecule has 5 nitrogen and oxygen atoms in total. The van der Waals surface area contributed by atoms with E-state index < -0.39 is 11.3 Å². The van der Waals surface area contributed by atoms with Gasteiger partial charge in [-0.3, -0.25) is 4.79 Å². The smallest absolute Gasteiger partial charge is 0.341 e. The zero-order valence-electron chi connectivity index (χ0n) is 13.8. The maximum atomic E-state index is 12.4. The van der Waals surface area contributed by atoms with Crippen LogP contribution in [0.3, 0.4) is 0 Å². The number of halogens is 1. The fraction of sp³-hybridized carbons (Fsp3) is 0.625. The molecule has 0 aromatic carbocycles. The number of thiophene rings is 1. The first-order chi connectivity index (χ1) is 10.8. The summed E-state index contributed by atoms with van der Waals surface area (Å²) in [6.07, 6.45) is 1.12. The van der Waals surface area contributed by atoms with Crippen molar-refractivity contribution >= 4 is 39.8 Å². The number of esters is 1. The van der Waals surface area contributed by atoms with Crippen LogP contribution in [0.1, 0.15) is 54.9 Å². The van der Waals surface area contributed by atoms with Crippen molar-refractivity contribution < 1.29 is 19.1 Å². The Hall–Kier alpha value is -1.11. The van der Waals surface area contributed by atoms with Gasteiger partial charge in [-0.15, -0.1) is 22.9 Å². The van der Waals surface area contributed by atoms with Crippen LogP contribution < -0.4 is 5.32 Å². The number of rotatable bonds is 5. The number of amides is 1. The summed E-state index contributed by atoms with van der Waals surface area (Å²) < 4.78 is 11.0. The molecule has 1 amide bonds. The molecule has 1 aromatic rings. The van der Waals surface area contributed by atoms with E-state index in [1.165, 1.54) is 11.3 Å². The van der Waals surface area contributed by atoms with E-state index in [1.54, 1.807) is 6.92 Å². The molecule has 0 spiro atoms. The van der Waals surface area contributed by atoms with Crippen LogP contribution in [0.2, 0.25) is 0 Å². The first kappa shape index (κ1) is 18.2. The number of fused-ring (bicyclic) bond motifs is 1. The minimum atomic E-state index is -0.628. The summed E-state index contributed by atoms with van der Waals surface area (Å²) >= 11 is 7.34. The van der Waals surface area contributed by atoms with Crippen LogP contribution in [0.25, 0.3) is 0 Å². The third-order valence-corrected chi connectivity index (χ3v) is 5.27. The Morgan fingerprint density at radius 1 is 1.43 bits per heavy atom. The van der Waals surface area contributed by atoms with Crippen LogP contribution in [0.5, 0.6) is 0 Å². The third-order valence-electron chi connectivity index (χ3n) is 3.65. The van der Waals surface area contributed by atoms with E-state index in [-0.39, 0.29) is 18.1 Å². The van der Waals surface area contributed by atoms with E-state index in [1.807, 2.05) is 20.8 Å². The van der Waals surface area contributed by atoms with E-state index >= 15 is 0 Å². The molecule has 1 aromatic heterocycles. The molecule has 0 saturated carbocycles. The second-order valence-corrected chi connectivity index (χ2v) is 7.65. The molecule has 0 unspecified atom stereocenters. The largest absolute Gasteiger partial charge is 0.462 e. The van der Waals surface area contributed by atoms with Gasteiger partial charge >= 0.3 is 5.97 Å². The maximum absolute atomic E-state index is 12.4. The van der Waals surface area contributed by atoms with Crippen molar-refractivity contribution in [1.29, 1.82) is 0 Å². The van der Waals surface area contributed by atoms with Gasteiger partial charge in [0.25, 0.3) is 0 Å². The number of hydrogen-bond acceptors (Lipinski definition) is 5. The average Bonchev–Trinajstić information content (AvgIpc) is 2.82. The van der Waals surface area contributed by atoms with Gasteiger partial charge in [-0.2, -0.15) is 0 Å². The van der Waals surface area contributed by atoms with Crippen LogP contribution in [0.15, 0.2) is 0 Å². The number of hydrogen-bond donors (Lipinski definition) is 1. The molecule has 0 fully saturated rings. The van der Waals surface area contributed by atoms with Crippen LogP contribution >= 0.6 is 22.9 Å². The number of alkyl halides is 1. The summed E-state index contributed by atoms with van der Waals surface area (Å²) in [6, 6.07) is 0. The Labute approximate surface area is 145 Å². The van der Waals surface area contributed by atoms with Gasteiger partial charge in [0.1, 0.15) is 10.4 Å². The van der Waals surface area contributed by atoms with Crippen LogP contribution in [-0.4, -0.2) is 29.5 Å².